The molecule has 0 N–H and O–H groups in total. The molecular weight excluding hydrogens is 372 g/mol. The highest BCUT2D eigenvalue weighted by Crippen LogP contribution is 2.28. The van der Waals surface area contributed by atoms with Crippen molar-refractivity contribution < 1.29 is 13.6 Å². The molecule has 2 heterocycles. The summed E-state index contributed by atoms with van der Waals surface area (Å²) in [5.41, 5.74) is 3.28. The fourth-order valence-electron chi connectivity index (χ4n) is 3.91. The molecule has 0 radical (unpaired) electrons. The first kappa shape index (κ1) is 19.3. The Morgan fingerprint density at radius 2 is 1.83 bits per heavy atom. The highest BCUT2D eigenvalue weighted by Gasteiger charge is 2.21. The largest absolute Gasteiger partial charge is 0.369 e. The maximum atomic E-state index is 13.8. The van der Waals surface area contributed by atoms with Gasteiger partial charge in [-0.2, -0.15) is 0 Å². The van der Waals surface area contributed by atoms with Gasteiger partial charge < -0.3 is 9.80 Å². The van der Waals surface area contributed by atoms with Crippen LogP contribution >= 0.6 is 0 Å². The van der Waals surface area contributed by atoms with Gasteiger partial charge in [0.05, 0.1) is 11.9 Å². The Kier molecular flexibility index (Phi) is 5.43. The predicted molar refractivity (Wildman–Crippen MR) is 110 cm³/mol. The second kappa shape index (κ2) is 8.15. The quantitative estimate of drug-likeness (QED) is 0.670. The molecule has 3 aromatic rings. The lowest BCUT2D eigenvalue weighted by molar-refractivity contribution is -0.130. The molecule has 0 unspecified atom stereocenters. The van der Waals surface area contributed by atoms with Crippen LogP contribution in [0.1, 0.15) is 17.7 Å². The van der Waals surface area contributed by atoms with Crippen molar-refractivity contribution in [3.63, 3.8) is 0 Å². The summed E-state index contributed by atoms with van der Waals surface area (Å²) in [6, 6.07) is 12.8. The number of hydrogen-bond acceptors (Lipinski definition) is 3. The van der Waals surface area contributed by atoms with Gasteiger partial charge in [-0.1, -0.05) is 12.1 Å². The van der Waals surface area contributed by atoms with Crippen molar-refractivity contribution in [1.29, 1.82) is 0 Å². The molecule has 1 saturated heterocycles. The van der Waals surface area contributed by atoms with Crippen molar-refractivity contribution in [2.24, 2.45) is 0 Å². The molecule has 4 rings (SSSR count). The summed E-state index contributed by atoms with van der Waals surface area (Å²) in [5, 5.41) is 0.787. The highest BCUT2D eigenvalue weighted by molar-refractivity contribution is 5.92. The van der Waals surface area contributed by atoms with Gasteiger partial charge in [0.15, 0.2) is 0 Å². The van der Waals surface area contributed by atoms with Crippen LogP contribution in [0.3, 0.4) is 0 Å². The zero-order valence-electron chi connectivity index (χ0n) is 16.4. The van der Waals surface area contributed by atoms with E-state index in [9.17, 15) is 13.6 Å². The van der Waals surface area contributed by atoms with Gasteiger partial charge in [0.1, 0.15) is 11.6 Å². The third kappa shape index (κ3) is 4.36. The third-order valence-corrected chi connectivity index (χ3v) is 5.31. The average Bonchev–Trinajstić information content (AvgIpc) is 2.94. The number of hydrogen-bond donors (Lipinski definition) is 0. The van der Waals surface area contributed by atoms with Crippen molar-refractivity contribution in [3.8, 4) is 0 Å². The van der Waals surface area contributed by atoms with Crippen molar-refractivity contribution in [1.82, 2.24) is 9.88 Å². The van der Waals surface area contributed by atoms with Crippen LogP contribution in [0.5, 0.6) is 0 Å². The standard InChI is InChI=1S/C23H23F2N3O/c1-16-12-22(20-15-19(25)6-7-21(20)26-16)27-8-3-9-28(11-10-27)23(29)14-17-4-2-5-18(24)13-17/h2,4-7,12-13,15H,3,8-11,14H2,1H3. The molecule has 29 heavy (non-hydrogen) atoms. The molecule has 1 amide bonds. The minimum absolute atomic E-state index is 0.000684. The number of anilines is 1. The summed E-state index contributed by atoms with van der Waals surface area (Å²) in [6.45, 7) is 4.59. The number of amides is 1. The lowest BCUT2D eigenvalue weighted by atomic mass is 10.1. The number of halogens is 2. The molecule has 1 fully saturated rings. The summed E-state index contributed by atoms with van der Waals surface area (Å²) in [4.78, 5) is 21.3. The molecule has 6 heteroatoms. The number of benzene rings is 2. The maximum absolute atomic E-state index is 13.8. The van der Waals surface area contributed by atoms with Crippen LogP contribution in [0.25, 0.3) is 10.9 Å². The summed E-state index contributed by atoms with van der Waals surface area (Å²) in [6.07, 6.45) is 1.01. The summed E-state index contributed by atoms with van der Waals surface area (Å²) in [5.74, 6) is -0.616. The molecule has 150 valence electrons. The normalized spacial score (nSPS) is 14.9. The lowest BCUT2D eigenvalue weighted by Crippen LogP contribution is -2.36. The predicted octanol–water partition coefficient (Wildman–Crippen LogP) is 4.10. The van der Waals surface area contributed by atoms with Gasteiger partial charge in [-0.05, 0) is 55.3 Å². The van der Waals surface area contributed by atoms with E-state index in [1.54, 1.807) is 18.2 Å². The van der Waals surface area contributed by atoms with Crippen LogP contribution in [-0.4, -0.2) is 42.0 Å². The second-order valence-electron chi connectivity index (χ2n) is 7.47. The minimum atomic E-state index is -0.329. The Hall–Kier alpha value is -3.02. The number of rotatable bonds is 3. The SMILES string of the molecule is Cc1cc(N2CCCN(C(=O)Cc3cccc(F)c3)CC2)c2cc(F)ccc2n1. The molecule has 0 bridgehead atoms. The number of nitrogens with zero attached hydrogens (tertiary/aromatic N) is 3. The monoisotopic (exact) mass is 395 g/mol. The number of pyridine rings is 1. The first-order chi connectivity index (χ1) is 14.0. The van der Waals surface area contributed by atoms with Gasteiger partial charge in [-0.3, -0.25) is 9.78 Å². The zero-order chi connectivity index (χ0) is 20.4. The van der Waals surface area contributed by atoms with Gasteiger partial charge in [0, 0.05) is 42.9 Å². The molecule has 2 aromatic carbocycles. The van der Waals surface area contributed by atoms with Crippen LogP contribution in [0.15, 0.2) is 48.5 Å². The van der Waals surface area contributed by atoms with E-state index >= 15 is 0 Å². The van der Waals surface area contributed by atoms with Gasteiger partial charge >= 0.3 is 0 Å². The number of carbonyl (C=O) groups is 1. The third-order valence-electron chi connectivity index (χ3n) is 5.31. The number of aromatic nitrogens is 1. The fourth-order valence-corrected chi connectivity index (χ4v) is 3.91. The summed E-state index contributed by atoms with van der Waals surface area (Å²) < 4.78 is 27.2. The molecule has 0 spiro atoms. The number of aryl methyl sites for hydroxylation is 1. The fraction of sp³-hybridized carbons (Fsp3) is 0.304. The Morgan fingerprint density at radius 1 is 1.00 bits per heavy atom. The first-order valence-corrected chi connectivity index (χ1v) is 9.84. The molecule has 0 atom stereocenters. The second-order valence-corrected chi connectivity index (χ2v) is 7.47. The van der Waals surface area contributed by atoms with E-state index in [0.717, 1.165) is 35.2 Å². The van der Waals surface area contributed by atoms with Crippen LogP contribution in [0.4, 0.5) is 14.5 Å². The maximum Gasteiger partial charge on any atom is 0.227 e. The van der Waals surface area contributed by atoms with Gasteiger partial charge in [-0.25, -0.2) is 8.78 Å². The van der Waals surface area contributed by atoms with Crippen molar-refractivity contribution >= 4 is 22.5 Å². The van der Waals surface area contributed by atoms with Crippen molar-refractivity contribution in [2.45, 2.75) is 19.8 Å². The van der Waals surface area contributed by atoms with E-state index in [1.165, 1.54) is 24.3 Å². The van der Waals surface area contributed by atoms with Gasteiger partial charge in [0.2, 0.25) is 5.91 Å². The summed E-state index contributed by atoms with van der Waals surface area (Å²) in [7, 11) is 0. The van der Waals surface area contributed by atoms with Crippen molar-refractivity contribution in [2.75, 3.05) is 31.1 Å². The van der Waals surface area contributed by atoms with Gasteiger partial charge in [0.25, 0.3) is 0 Å². The van der Waals surface area contributed by atoms with E-state index in [-0.39, 0.29) is 24.0 Å². The Balaban J connectivity index is 1.51. The van der Waals surface area contributed by atoms with E-state index in [0.29, 0.717) is 25.2 Å². The number of fused-ring (bicyclic) bond motifs is 1. The molecule has 1 aliphatic rings. The molecule has 1 aromatic heterocycles. The Bertz CT molecular complexity index is 1050. The Labute approximate surface area is 168 Å². The summed E-state index contributed by atoms with van der Waals surface area (Å²) >= 11 is 0. The van der Waals surface area contributed by atoms with Gasteiger partial charge in [-0.15, -0.1) is 0 Å². The molecule has 0 saturated carbocycles. The molecule has 0 aliphatic carbocycles. The topological polar surface area (TPSA) is 36.4 Å². The van der Waals surface area contributed by atoms with Crippen LogP contribution < -0.4 is 4.90 Å². The minimum Gasteiger partial charge on any atom is -0.369 e. The smallest absolute Gasteiger partial charge is 0.227 e. The zero-order valence-corrected chi connectivity index (χ0v) is 16.4. The van der Waals surface area contributed by atoms with E-state index in [4.69, 9.17) is 0 Å². The molecule has 1 aliphatic heterocycles. The molecular formula is C23H23F2N3O. The number of carbonyl (C=O) groups excluding carboxylic acids is 1. The molecule has 4 nitrogen and oxygen atoms in total. The highest BCUT2D eigenvalue weighted by atomic mass is 19.1. The lowest BCUT2D eigenvalue weighted by Gasteiger charge is -2.25. The van der Waals surface area contributed by atoms with Crippen LogP contribution in [0.2, 0.25) is 0 Å². The Morgan fingerprint density at radius 3 is 2.66 bits per heavy atom. The van der Waals surface area contributed by atoms with Crippen molar-refractivity contribution in [3.05, 3.63) is 71.4 Å². The van der Waals surface area contributed by atoms with Crippen LogP contribution in [-0.2, 0) is 11.2 Å². The van der Waals surface area contributed by atoms with E-state index in [1.807, 2.05) is 17.9 Å². The average molecular weight is 395 g/mol. The van der Waals surface area contributed by atoms with Crippen LogP contribution in [0, 0.1) is 18.6 Å². The van der Waals surface area contributed by atoms with E-state index < -0.39 is 0 Å². The first-order valence-electron chi connectivity index (χ1n) is 9.84. The van der Waals surface area contributed by atoms with E-state index in [2.05, 4.69) is 9.88 Å².